The van der Waals surface area contributed by atoms with Crippen molar-refractivity contribution in [3.05, 3.63) is 69.5 Å². The van der Waals surface area contributed by atoms with Gasteiger partial charge in [-0.15, -0.1) is 0 Å². The topological polar surface area (TPSA) is 70.2 Å². The Labute approximate surface area is 144 Å². The molecular weight excluding hydrogens is 321 g/mol. The number of hydrogen-bond donors (Lipinski definition) is 0. The third-order valence-corrected chi connectivity index (χ3v) is 4.26. The maximum atomic E-state index is 14.4. The standard InChI is InChI=1S/C19H16FN3O2/c20-19-12-18(22-9-1-2-10-22)8-5-15(19)11-16(13-21)14-3-6-17(7-4-14)23(24)25/h3-8,11-12H,1-2,9-10H2/b16-11-. The van der Waals surface area contributed by atoms with Gasteiger partial charge in [-0.2, -0.15) is 5.26 Å². The van der Waals surface area contributed by atoms with Gasteiger partial charge in [0.1, 0.15) is 5.82 Å². The number of hydrogen-bond acceptors (Lipinski definition) is 4. The van der Waals surface area contributed by atoms with E-state index in [0.29, 0.717) is 11.1 Å². The van der Waals surface area contributed by atoms with Crippen molar-refractivity contribution in [3.63, 3.8) is 0 Å². The van der Waals surface area contributed by atoms with E-state index in [1.54, 1.807) is 6.07 Å². The summed E-state index contributed by atoms with van der Waals surface area (Å²) in [6.07, 6.45) is 3.69. The zero-order valence-electron chi connectivity index (χ0n) is 13.5. The van der Waals surface area contributed by atoms with Crippen LogP contribution in [0.25, 0.3) is 11.6 Å². The third-order valence-electron chi connectivity index (χ3n) is 4.26. The SMILES string of the molecule is N#C/C(=C/c1ccc(N2CCCC2)cc1F)c1ccc([N+](=O)[O-])cc1. The normalized spacial score (nSPS) is 14.4. The molecule has 1 heterocycles. The van der Waals surface area contributed by atoms with E-state index >= 15 is 0 Å². The van der Waals surface area contributed by atoms with Crippen LogP contribution in [-0.4, -0.2) is 18.0 Å². The van der Waals surface area contributed by atoms with E-state index in [9.17, 15) is 19.8 Å². The van der Waals surface area contributed by atoms with Crippen molar-refractivity contribution >= 4 is 23.0 Å². The van der Waals surface area contributed by atoms with Gasteiger partial charge in [0.05, 0.1) is 16.6 Å². The van der Waals surface area contributed by atoms with E-state index in [0.717, 1.165) is 31.6 Å². The lowest BCUT2D eigenvalue weighted by Gasteiger charge is -2.17. The van der Waals surface area contributed by atoms with Gasteiger partial charge in [-0.3, -0.25) is 10.1 Å². The zero-order chi connectivity index (χ0) is 17.8. The second-order valence-electron chi connectivity index (χ2n) is 5.87. The van der Waals surface area contributed by atoms with Gasteiger partial charge in [-0.1, -0.05) is 0 Å². The summed E-state index contributed by atoms with van der Waals surface area (Å²) in [5.74, 6) is -0.390. The molecule has 0 unspecified atom stereocenters. The van der Waals surface area contributed by atoms with Crippen LogP contribution in [0, 0.1) is 27.3 Å². The number of rotatable bonds is 4. The lowest BCUT2D eigenvalue weighted by Crippen LogP contribution is -2.17. The average molecular weight is 337 g/mol. The molecule has 2 aromatic rings. The molecule has 1 saturated heterocycles. The molecule has 0 aliphatic carbocycles. The highest BCUT2D eigenvalue weighted by molar-refractivity contribution is 5.90. The number of nitro groups is 1. The van der Waals surface area contributed by atoms with Gasteiger partial charge in [-0.25, -0.2) is 4.39 Å². The summed E-state index contributed by atoms with van der Waals surface area (Å²) >= 11 is 0. The number of anilines is 1. The molecule has 0 atom stereocenters. The molecule has 0 N–H and O–H groups in total. The highest BCUT2D eigenvalue weighted by atomic mass is 19.1. The van der Waals surface area contributed by atoms with E-state index in [1.807, 2.05) is 12.1 Å². The Morgan fingerprint density at radius 3 is 2.44 bits per heavy atom. The summed E-state index contributed by atoms with van der Waals surface area (Å²) in [5, 5.41) is 20.1. The molecule has 0 bridgehead atoms. The Hall–Kier alpha value is -3.20. The van der Waals surface area contributed by atoms with E-state index in [-0.39, 0.29) is 17.1 Å². The Kier molecular flexibility index (Phi) is 4.75. The third kappa shape index (κ3) is 3.66. The highest BCUT2D eigenvalue weighted by Crippen LogP contribution is 2.26. The van der Waals surface area contributed by atoms with Crippen LogP contribution in [0.5, 0.6) is 0 Å². The van der Waals surface area contributed by atoms with Crippen LogP contribution in [0.1, 0.15) is 24.0 Å². The fraction of sp³-hybridized carbons (Fsp3) is 0.211. The summed E-state index contributed by atoms with van der Waals surface area (Å²) in [4.78, 5) is 12.3. The molecule has 0 amide bonds. The van der Waals surface area contributed by atoms with Crippen molar-refractivity contribution in [1.29, 1.82) is 5.26 Å². The predicted molar refractivity (Wildman–Crippen MR) is 94.4 cm³/mol. The second kappa shape index (κ2) is 7.14. The molecule has 3 rings (SSSR count). The lowest BCUT2D eigenvalue weighted by atomic mass is 10.0. The molecule has 1 aliphatic rings. The number of non-ortho nitro benzene ring substituents is 1. The highest BCUT2D eigenvalue weighted by Gasteiger charge is 2.14. The van der Waals surface area contributed by atoms with Crippen molar-refractivity contribution in [2.75, 3.05) is 18.0 Å². The van der Waals surface area contributed by atoms with Crippen LogP contribution in [-0.2, 0) is 0 Å². The van der Waals surface area contributed by atoms with E-state index in [1.165, 1.54) is 36.4 Å². The molecule has 0 saturated carbocycles. The van der Waals surface area contributed by atoms with Gasteiger partial charge >= 0.3 is 0 Å². The number of halogens is 1. The summed E-state index contributed by atoms with van der Waals surface area (Å²) < 4.78 is 14.4. The maximum Gasteiger partial charge on any atom is 0.269 e. The Morgan fingerprint density at radius 2 is 1.88 bits per heavy atom. The summed E-state index contributed by atoms with van der Waals surface area (Å²) in [6, 6.07) is 12.7. The molecule has 6 heteroatoms. The minimum atomic E-state index is -0.504. The molecule has 0 aromatic heterocycles. The largest absolute Gasteiger partial charge is 0.371 e. The van der Waals surface area contributed by atoms with Crippen LogP contribution in [0.15, 0.2) is 42.5 Å². The number of nitrogens with zero attached hydrogens (tertiary/aromatic N) is 3. The van der Waals surface area contributed by atoms with E-state index < -0.39 is 4.92 Å². The Morgan fingerprint density at radius 1 is 1.20 bits per heavy atom. The van der Waals surface area contributed by atoms with Crippen molar-refractivity contribution < 1.29 is 9.31 Å². The molecule has 126 valence electrons. The molecule has 1 fully saturated rings. The molecule has 25 heavy (non-hydrogen) atoms. The molecular formula is C19H16FN3O2. The smallest absolute Gasteiger partial charge is 0.269 e. The van der Waals surface area contributed by atoms with E-state index in [2.05, 4.69) is 4.90 Å². The van der Waals surface area contributed by atoms with Crippen LogP contribution in [0.3, 0.4) is 0 Å². The monoisotopic (exact) mass is 337 g/mol. The first-order valence-electron chi connectivity index (χ1n) is 7.99. The Balaban J connectivity index is 1.89. The first-order valence-corrected chi connectivity index (χ1v) is 7.99. The molecule has 0 spiro atoms. The lowest BCUT2D eigenvalue weighted by molar-refractivity contribution is -0.384. The first-order chi connectivity index (χ1) is 12.1. The van der Waals surface area contributed by atoms with Gasteiger partial charge in [0.15, 0.2) is 0 Å². The minimum Gasteiger partial charge on any atom is -0.371 e. The molecule has 2 aromatic carbocycles. The summed E-state index contributed by atoms with van der Waals surface area (Å²) in [5.41, 5.74) is 1.87. The molecule has 5 nitrogen and oxygen atoms in total. The van der Waals surface area contributed by atoms with Crippen LogP contribution < -0.4 is 4.90 Å². The van der Waals surface area contributed by atoms with Crippen LogP contribution in [0.4, 0.5) is 15.8 Å². The predicted octanol–water partition coefficient (Wildman–Crippen LogP) is 4.40. The van der Waals surface area contributed by atoms with Crippen LogP contribution in [0.2, 0.25) is 0 Å². The minimum absolute atomic E-state index is 0.0535. The summed E-state index contributed by atoms with van der Waals surface area (Å²) in [6.45, 7) is 1.86. The fourth-order valence-corrected chi connectivity index (χ4v) is 2.90. The van der Waals surface area contributed by atoms with Crippen molar-refractivity contribution in [2.45, 2.75) is 12.8 Å². The van der Waals surface area contributed by atoms with Gasteiger partial charge in [0.25, 0.3) is 5.69 Å². The number of allylic oxidation sites excluding steroid dienone is 1. The average Bonchev–Trinajstić information content (AvgIpc) is 3.15. The number of benzene rings is 2. The van der Waals surface area contributed by atoms with Crippen molar-refractivity contribution in [1.82, 2.24) is 0 Å². The number of nitro benzene ring substituents is 1. The number of nitriles is 1. The van der Waals surface area contributed by atoms with Gasteiger partial charge < -0.3 is 4.90 Å². The zero-order valence-corrected chi connectivity index (χ0v) is 13.5. The second-order valence-corrected chi connectivity index (χ2v) is 5.87. The van der Waals surface area contributed by atoms with Gasteiger partial charge in [-0.05, 0) is 54.8 Å². The first kappa shape index (κ1) is 16.7. The van der Waals surface area contributed by atoms with E-state index in [4.69, 9.17) is 0 Å². The maximum absolute atomic E-state index is 14.4. The van der Waals surface area contributed by atoms with Crippen molar-refractivity contribution in [2.24, 2.45) is 0 Å². The van der Waals surface area contributed by atoms with Gasteiger partial charge in [0.2, 0.25) is 0 Å². The summed E-state index contributed by atoms with van der Waals surface area (Å²) in [7, 11) is 0. The fourth-order valence-electron chi connectivity index (χ4n) is 2.90. The van der Waals surface area contributed by atoms with Crippen LogP contribution >= 0.6 is 0 Å². The van der Waals surface area contributed by atoms with Gasteiger partial charge in [0, 0.05) is 36.5 Å². The molecule has 1 aliphatic heterocycles. The quantitative estimate of drug-likeness (QED) is 0.359. The van der Waals surface area contributed by atoms with Crippen molar-refractivity contribution in [3.8, 4) is 6.07 Å². The molecule has 0 radical (unpaired) electrons. The Bertz CT molecular complexity index is 863.